The summed E-state index contributed by atoms with van der Waals surface area (Å²) in [6.07, 6.45) is 3.49. The quantitative estimate of drug-likeness (QED) is 0.726. The topological polar surface area (TPSA) is 67.4 Å². The fraction of sp³-hybridized carbons (Fsp3) is 0.714. The Bertz CT molecular complexity index is 710. The molecule has 3 atom stereocenters. The summed E-state index contributed by atoms with van der Waals surface area (Å²) in [4.78, 5) is 0.419. The number of sulfone groups is 1. The maximum absolute atomic E-state index is 12.7. The van der Waals surface area contributed by atoms with Crippen molar-refractivity contribution in [2.24, 2.45) is 5.92 Å². The fourth-order valence-electron chi connectivity index (χ4n) is 4.24. The number of hydrogen-bond acceptors (Lipinski definition) is 5. The van der Waals surface area contributed by atoms with E-state index < -0.39 is 9.84 Å². The van der Waals surface area contributed by atoms with Gasteiger partial charge in [0.05, 0.1) is 23.9 Å². The zero-order valence-corrected chi connectivity index (χ0v) is 18.9. The molecule has 0 radical (unpaired) electrons. The van der Waals surface area contributed by atoms with Crippen LogP contribution in [0.3, 0.4) is 0 Å². The molecule has 1 heterocycles. The molecule has 0 spiro atoms. The highest BCUT2D eigenvalue weighted by Crippen LogP contribution is 2.29. The molecule has 1 aliphatic carbocycles. The summed E-state index contributed by atoms with van der Waals surface area (Å²) >= 11 is 0. The van der Waals surface area contributed by atoms with E-state index in [1.54, 1.807) is 12.1 Å². The van der Waals surface area contributed by atoms with Crippen molar-refractivity contribution < 1.29 is 13.2 Å². The van der Waals surface area contributed by atoms with Crippen molar-refractivity contribution in [3.63, 3.8) is 0 Å². The van der Waals surface area contributed by atoms with Crippen LogP contribution < -0.4 is 10.6 Å². The van der Waals surface area contributed by atoms with Gasteiger partial charge in [0.15, 0.2) is 9.84 Å². The first-order valence-electron chi connectivity index (χ1n) is 10.2. The molecule has 2 N–H and O–H groups in total. The molecule has 7 heteroatoms. The Morgan fingerprint density at radius 3 is 2.50 bits per heavy atom. The van der Waals surface area contributed by atoms with E-state index in [2.05, 4.69) is 31.4 Å². The van der Waals surface area contributed by atoms with Gasteiger partial charge in [-0.05, 0) is 41.9 Å². The molecule has 3 unspecified atom stereocenters. The van der Waals surface area contributed by atoms with E-state index >= 15 is 0 Å². The van der Waals surface area contributed by atoms with E-state index in [4.69, 9.17) is 4.74 Å². The Balaban J connectivity index is 0.00000280. The average Bonchev–Trinajstić information content (AvgIpc) is 3.10. The Morgan fingerprint density at radius 1 is 1.18 bits per heavy atom. The standard InChI is InChI=1S/C21H34N2O3S.ClH/c1-21(2,3)16-7-9-17(10-8-16)27(24,25)14-12-23-19-6-4-5-18(19)20-15-26-13-11-22-20;/h7-10,18-20,22-23H,4-6,11-15H2,1-3H3;1H. The van der Waals surface area contributed by atoms with Gasteiger partial charge in [0.25, 0.3) is 0 Å². The molecule has 0 amide bonds. The van der Waals surface area contributed by atoms with Gasteiger partial charge in [-0.1, -0.05) is 39.3 Å². The van der Waals surface area contributed by atoms with Crippen LogP contribution in [-0.2, 0) is 20.0 Å². The van der Waals surface area contributed by atoms with Gasteiger partial charge in [0, 0.05) is 25.2 Å². The van der Waals surface area contributed by atoms with Crippen molar-refractivity contribution in [3.8, 4) is 0 Å². The van der Waals surface area contributed by atoms with E-state index in [1.165, 1.54) is 12.8 Å². The minimum absolute atomic E-state index is 0. The number of nitrogens with one attached hydrogen (secondary N) is 2. The number of benzene rings is 1. The highest BCUT2D eigenvalue weighted by molar-refractivity contribution is 7.91. The van der Waals surface area contributed by atoms with Crippen LogP contribution in [0.5, 0.6) is 0 Å². The molecule has 28 heavy (non-hydrogen) atoms. The Kier molecular flexibility index (Phi) is 8.35. The third-order valence-corrected chi connectivity index (χ3v) is 7.63. The summed E-state index contributed by atoms with van der Waals surface area (Å²) in [5.74, 6) is 0.665. The second kappa shape index (κ2) is 9.90. The van der Waals surface area contributed by atoms with Crippen molar-refractivity contribution in [3.05, 3.63) is 29.8 Å². The summed E-state index contributed by atoms with van der Waals surface area (Å²) in [7, 11) is -3.26. The van der Waals surface area contributed by atoms with Crippen LogP contribution in [0.1, 0.15) is 45.6 Å². The molecule has 1 saturated carbocycles. The maximum atomic E-state index is 12.7. The molecular weight excluding hydrogens is 396 g/mol. The van der Waals surface area contributed by atoms with Gasteiger partial charge in [0.2, 0.25) is 0 Å². The molecule has 1 aromatic rings. The van der Waals surface area contributed by atoms with Crippen molar-refractivity contribution in [1.82, 2.24) is 10.6 Å². The highest BCUT2D eigenvalue weighted by Gasteiger charge is 2.34. The molecule has 0 aromatic heterocycles. The summed E-state index contributed by atoms with van der Waals surface area (Å²) < 4.78 is 31.0. The Labute approximate surface area is 176 Å². The normalized spacial score (nSPS) is 26.0. The Morgan fingerprint density at radius 2 is 1.89 bits per heavy atom. The summed E-state index contributed by atoms with van der Waals surface area (Å²) in [5.41, 5.74) is 1.17. The summed E-state index contributed by atoms with van der Waals surface area (Å²) in [5, 5.41) is 7.07. The van der Waals surface area contributed by atoms with Crippen LogP contribution in [0.2, 0.25) is 0 Å². The van der Waals surface area contributed by atoms with Gasteiger partial charge < -0.3 is 15.4 Å². The van der Waals surface area contributed by atoms with Crippen molar-refractivity contribution in [2.75, 3.05) is 32.1 Å². The van der Waals surface area contributed by atoms with Crippen LogP contribution in [0, 0.1) is 5.92 Å². The molecule has 2 fully saturated rings. The summed E-state index contributed by atoms with van der Waals surface area (Å²) in [6.45, 7) is 9.35. The fourth-order valence-corrected chi connectivity index (χ4v) is 5.42. The Hall–Kier alpha value is -0.660. The zero-order valence-electron chi connectivity index (χ0n) is 17.2. The van der Waals surface area contributed by atoms with Crippen LogP contribution in [-0.4, -0.2) is 52.6 Å². The first-order valence-corrected chi connectivity index (χ1v) is 11.8. The van der Waals surface area contributed by atoms with Crippen LogP contribution in [0.15, 0.2) is 29.2 Å². The smallest absolute Gasteiger partial charge is 0.179 e. The van der Waals surface area contributed by atoms with Crippen LogP contribution in [0.25, 0.3) is 0 Å². The van der Waals surface area contributed by atoms with E-state index in [1.807, 2.05) is 12.1 Å². The first kappa shape index (κ1) is 23.6. The van der Waals surface area contributed by atoms with Crippen LogP contribution in [0.4, 0.5) is 0 Å². The average molecular weight is 431 g/mol. The third-order valence-electron chi connectivity index (χ3n) is 5.89. The molecular formula is C21H35ClN2O3S. The van der Waals surface area contributed by atoms with E-state index in [-0.39, 0.29) is 23.6 Å². The number of ether oxygens (including phenoxy) is 1. The molecule has 1 aromatic carbocycles. The van der Waals surface area contributed by atoms with Gasteiger partial charge >= 0.3 is 0 Å². The second-order valence-electron chi connectivity index (χ2n) is 8.88. The molecule has 1 aliphatic heterocycles. The molecule has 160 valence electrons. The molecule has 1 saturated heterocycles. The van der Waals surface area contributed by atoms with E-state index in [0.29, 0.717) is 29.4 Å². The van der Waals surface area contributed by atoms with Gasteiger partial charge in [-0.25, -0.2) is 8.42 Å². The van der Waals surface area contributed by atoms with Crippen molar-refractivity contribution >= 4 is 22.2 Å². The van der Waals surface area contributed by atoms with Gasteiger partial charge in [0.1, 0.15) is 0 Å². The third kappa shape index (κ3) is 5.92. The first-order chi connectivity index (χ1) is 12.8. The van der Waals surface area contributed by atoms with Crippen LogP contribution >= 0.6 is 12.4 Å². The monoisotopic (exact) mass is 430 g/mol. The molecule has 0 bridgehead atoms. The van der Waals surface area contributed by atoms with Gasteiger partial charge in [-0.3, -0.25) is 0 Å². The largest absolute Gasteiger partial charge is 0.379 e. The number of halogens is 1. The molecule has 3 rings (SSSR count). The number of rotatable bonds is 6. The van der Waals surface area contributed by atoms with E-state index in [9.17, 15) is 8.42 Å². The van der Waals surface area contributed by atoms with Gasteiger partial charge in [-0.15, -0.1) is 12.4 Å². The minimum atomic E-state index is -3.26. The lowest BCUT2D eigenvalue weighted by Crippen LogP contribution is -2.51. The zero-order chi connectivity index (χ0) is 19.5. The van der Waals surface area contributed by atoms with Crippen molar-refractivity contribution in [2.45, 2.75) is 62.4 Å². The SMILES string of the molecule is CC(C)(C)c1ccc(S(=O)(=O)CCNC2CCCC2C2COCCN2)cc1.Cl. The van der Waals surface area contributed by atoms with Crippen molar-refractivity contribution in [1.29, 1.82) is 0 Å². The lowest BCUT2D eigenvalue weighted by molar-refractivity contribution is 0.0527. The highest BCUT2D eigenvalue weighted by atomic mass is 35.5. The maximum Gasteiger partial charge on any atom is 0.179 e. The molecule has 2 aliphatic rings. The van der Waals surface area contributed by atoms with Gasteiger partial charge in [-0.2, -0.15) is 0 Å². The second-order valence-corrected chi connectivity index (χ2v) is 11.0. The predicted molar refractivity (Wildman–Crippen MR) is 116 cm³/mol. The molecule has 5 nitrogen and oxygen atoms in total. The number of hydrogen-bond donors (Lipinski definition) is 2. The summed E-state index contributed by atoms with van der Waals surface area (Å²) in [6, 6.07) is 8.13. The lowest BCUT2D eigenvalue weighted by atomic mass is 9.87. The lowest BCUT2D eigenvalue weighted by Gasteiger charge is -2.33. The predicted octanol–water partition coefficient (Wildman–Crippen LogP) is 2.93. The van der Waals surface area contributed by atoms with E-state index in [0.717, 1.165) is 31.7 Å². The minimum Gasteiger partial charge on any atom is -0.379 e. The number of morpholine rings is 1.